The first-order chi connectivity index (χ1) is 11.7. The zero-order valence-corrected chi connectivity index (χ0v) is 14.2. The molecule has 0 saturated carbocycles. The van der Waals surface area contributed by atoms with Crippen LogP contribution in [0.25, 0.3) is 0 Å². The molecule has 0 unspecified atom stereocenters. The van der Waals surface area contributed by atoms with Crippen LogP contribution >= 0.6 is 0 Å². The number of nitro groups is 1. The third-order valence-corrected chi connectivity index (χ3v) is 4.39. The summed E-state index contributed by atoms with van der Waals surface area (Å²) in [4.78, 5) is 22.6. The summed E-state index contributed by atoms with van der Waals surface area (Å²) in [6.45, 7) is 5.99. The third-order valence-electron chi connectivity index (χ3n) is 4.39. The van der Waals surface area contributed by atoms with Gasteiger partial charge in [0.25, 0.3) is 5.69 Å². The number of rotatable bonds is 2. The van der Waals surface area contributed by atoms with Crippen LogP contribution in [0.1, 0.15) is 49.8 Å². The standard InChI is InChI=1S/C18H18N4O3/c1-18(2,3)21-10-12(9-19)16-14(8-15(23)20-17(16)21)11-4-6-13(7-5-11)22(24)25/h4-7,10,14H,8H2,1-3H3,(H,20,23)/t14-/m0/s1. The van der Waals surface area contributed by atoms with Crippen molar-refractivity contribution in [2.45, 2.75) is 38.6 Å². The molecule has 0 aliphatic carbocycles. The van der Waals surface area contributed by atoms with Crippen molar-refractivity contribution >= 4 is 17.4 Å². The molecule has 0 fully saturated rings. The predicted molar refractivity (Wildman–Crippen MR) is 92.3 cm³/mol. The number of nitrogens with one attached hydrogen (secondary N) is 1. The van der Waals surface area contributed by atoms with E-state index in [1.54, 1.807) is 18.3 Å². The number of hydrogen-bond donors (Lipinski definition) is 1. The molecular weight excluding hydrogens is 320 g/mol. The summed E-state index contributed by atoms with van der Waals surface area (Å²) < 4.78 is 1.90. The van der Waals surface area contributed by atoms with E-state index in [1.807, 2.05) is 25.3 Å². The summed E-state index contributed by atoms with van der Waals surface area (Å²) in [5.74, 6) is 0.190. The number of fused-ring (bicyclic) bond motifs is 1. The van der Waals surface area contributed by atoms with Gasteiger partial charge >= 0.3 is 0 Å². The lowest BCUT2D eigenvalue weighted by atomic mass is 9.85. The van der Waals surface area contributed by atoms with Crippen LogP contribution in [0.2, 0.25) is 0 Å². The topological polar surface area (TPSA) is 101 Å². The molecule has 1 N–H and O–H groups in total. The van der Waals surface area contributed by atoms with Crippen LogP contribution in [-0.4, -0.2) is 15.4 Å². The molecule has 0 spiro atoms. The minimum atomic E-state index is -0.459. The molecule has 128 valence electrons. The normalized spacial score (nSPS) is 16.7. The van der Waals surface area contributed by atoms with Crippen molar-refractivity contribution in [1.82, 2.24) is 4.57 Å². The van der Waals surface area contributed by atoms with E-state index in [0.29, 0.717) is 11.4 Å². The molecule has 0 saturated heterocycles. The molecule has 1 aliphatic rings. The van der Waals surface area contributed by atoms with E-state index in [4.69, 9.17) is 0 Å². The SMILES string of the molecule is CC(C)(C)n1cc(C#N)c2c1NC(=O)C[C@H]2c1ccc([N+](=O)[O-])cc1. The Morgan fingerprint density at radius 2 is 1.96 bits per heavy atom. The maximum absolute atomic E-state index is 12.2. The van der Waals surface area contributed by atoms with E-state index in [1.165, 1.54) is 12.1 Å². The minimum Gasteiger partial charge on any atom is -0.328 e. The number of carbonyl (C=O) groups excluding carboxylic acids is 1. The highest BCUT2D eigenvalue weighted by atomic mass is 16.6. The fraction of sp³-hybridized carbons (Fsp3) is 0.333. The molecule has 25 heavy (non-hydrogen) atoms. The second kappa shape index (κ2) is 5.74. The molecule has 1 aromatic carbocycles. The van der Waals surface area contributed by atoms with E-state index in [2.05, 4.69) is 11.4 Å². The zero-order valence-electron chi connectivity index (χ0n) is 14.2. The van der Waals surface area contributed by atoms with Gasteiger partial charge in [0.2, 0.25) is 5.91 Å². The molecule has 2 aromatic rings. The first-order valence-corrected chi connectivity index (χ1v) is 7.92. The van der Waals surface area contributed by atoms with Crippen LogP contribution in [-0.2, 0) is 10.3 Å². The Labute approximate surface area is 145 Å². The van der Waals surface area contributed by atoms with Crippen LogP contribution in [0.5, 0.6) is 0 Å². The highest BCUT2D eigenvalue weighted by Gasteiger charge is 2.34. The smallest absolute Gasteiger partial charge is 0.269 e. The second-order valence-electron chi connectivity index (χ2n) is 7.11. The molecule has 3 rings (SSSR count). The molecule has 7 heteroatoms. The van der Waals surface area contributed by atoms with Gasteiger partial charge in [-0.1, -0.05) is 12.1 Å². The molecular formula is C18H18N4O3. The van der Waals surface area contributed by atoms with E-state index in [-0.39, 0.29) is 29.5 Å². The average Bonchev–Trinajstić information content (AvgIpc) is 2.92. The van der Waals surface area contributed by atoms with Gasteiger partial charge in [0.05, 0.1) is 10.5 Å². The summed E-state index contributed by atoms with van der Waals surface area (Å²) in [5.41, 5.74) is 1.75. The van der Waals surface area contributed by atoms with Crippen molar-refractivity contribution in [1.29, 1.82) is 5.26 Å². The monoisotopic (exact) mass is 338 g/mol. The van der Waals surface area contributed by atoms with Gasteiger partial charge in [-0.2, -0.15) is 5.26 Å². The Kier molecular flexibility index (Phi) is 3.84. The molecule has 2 heterocycles. The van der Waals surface area contributed by atoms with E-state index in [9.17, 15) is 20.2 Å². The number of nitriles is 1. The Morgan fingerprint density at radius 3 is 2.48 bits per heavy atom. The van der Waals surface area contributed by atoms with Gasteiger partial charge in [0.1, 0.15) is 11.9 Å². The molecule has 0 bridgehead atoms. The summed E-state index contributed by atoms with van der Waals surface area (Å²) in [6.07, 6.45) is 1.96. The Morgan fingerprint density at radius 1 is 1.32 bits per heavy atom. The van der Waals surface area contributed by atoms with Gasteiger partial charge in [-0.15, -0.1) is 0 Å². The third kappa shape index (κ3) is 2.87. The fourth-order valence-corrected chi connectivity index (χ4v) is 3.20. The van der Waals surface area contributed by atoms with Crippen molar-refractivity contribution in [2.24, 2.45) is 0 Å². The Hall–Kier alpha value is -3.14. The van der Waals surface area contributed by atoms with Crippen LogP contribution in [0.3, 0.4) is 0 Å². The highest BCUT2D eigenvalue weighted by molar-refractivity contribution is 5.95. The number of amides is 1. The number of nitro benzene ring substituents is 1. The first kappa shape index (κ1) is 16.7. The molecule has 1 aliphatic heterocycles. The quantitative estimate of drug-likeness (QED) is 0.669. The van der Waals surface area contributed by atoms with E-state index < -0.39 is 4.92 Å². The second-order valence-corrected chi connectivity index (χ2v) is 7.11. The summed E-state index contributed by atoms with van der Waals surface area (Å²) in [5, 5.41) is 23.3. The highest BCUT2D eigenvalue weighted by Crippen LogP contribution is 2.42. The summed E-state index contributed by atoms with van der Waals surface area (Å²) in [7, 11) is 0. The number of non-ortho nitro benzene ring substituents is 1. The van der Waals surface area contributed by atoms with Crippen LogP contribution in [0.4, 0.5) is 11.5 Å². The summed E-state index contributed by atoms with van der Waals surface area (Å²) in [6, 6.07) is 8.37. The lowest BCUT2D eigenvalue weighted by Crippen LogP contribution is -2.29. The van der Waals surface area contributed by atoms with Crippen molar-refractivity contribution < 1.29 is 9.72 Å². The molecule has 7 nitrogen and oxygen atoms in total. The van der Waals surface area contributed by atoms with Crippen molar-refractivity contribution in [3.63, 3.8) is 0 Å². The number of anilines is 1. The van der Waals surface area contributed by atoms with E-state index in [0.717, 1.165) is 11.1 Å². The number of benzene rings is 1. The van der Waals surface area contributed by atoms with Gasteiger partial charge in [0, 0.05) is 41.8 Å². The zero-order chi connectivity index (χ0) is 18.4. The number of aromatic nitrogens is 1. The van der Waals surface area contributed by atoms with Crippen molar-refractivity contribution in [3.05, 3.63) is 57.3 Å². The summed E-state index contributed by atoms with van der Waals surface area (Å²) >= 11 is 0. The Balaban J connectivity index is 2.16. The maximum atomic E-state index is 12.2. The average molecular weight is 338 g/mol. The predicted octanol–water partition coefficient (Wildman–Crippen LogP) is 3.50. The van der Waals surface area contributed by atoms with Gasteiger partial charge in [-0.05, 0) is 26.3 Å². The van der Waals surface area contributed by atoms with Gasteiger partial charge < -0.3 is 9.88 Å². The van der Waals surface area contributed by atoms with Crippen molar-refractivity contribution in [3.8, 4) is 6.07 Å². The van der Waals surface area contributed by atoms with Crippen molar-refractivity contribution in [2.75, 3.05) is 5.32 Å². The lowest BCUT2D eigenvalue weighted by Gasteiger charge is -2.29. The fourth-order valence-electron chi connectivity index (χ4n) is 3.20. The van der Waals surface area contributed by atoms with Gasteiger partial charge in [-0.25, -0.2) is 0 Å². The van der Waals surface area contributed by atoms with Gasteiger partial charge in [0.15, 0.2) is 0 Å². The number of hydrogen-bond acceptors (Lipinski definition) is 4. The van der Waals surface area contributed by atoms with E-state index >= 15 is 0 Å². The lowest BCUT2D eigenvalue weighted by molar-refractivity contribution is -0.384. The Bertz CT molecular complexity index is 898. The first-order valence-electron chi connectivity index (χ1n) is 7.92. The van der Waals surface area contributed by atoms with Crippen LogP contribution in [0, 0.1) is 21.4 Å². The molecule has 1 amide bonds. The maximum Gasteiger partial charge on any atom is 0.269 e. The van der Waals surface area contributed by atoms with Gasteiger partial charge in [-0.3, -0.25) is 14.9 Å². The largest absolute Gasteiger partial charge is 0.328 e. The molecule has 1 aromatic heterocycles. The van der Waals surface area contributed by atoms with Crippen LogP contribution < -0.4 is 5.32 Å². The number of nitrogens with zero attached hydrogens (tertiary/aromatic N) is 3. The molecule has 1 atom stereocenters. The number of carbonyl (C=O) groups is 1. The molecule has 0 radical (unpaired) electrons. The van der Waals surface area contributed by atoms with Crippen LogP contribution in [0.15, 0.2) is 30.5 Å². The minimum absolute atomic E-state index is 0.00278.